The number of thiazole rings is 1. The number of esters is 1. The van der Waals surface area contributed by atoms with Gasteiger partial charge in [0.15, 0.2) is 23.2 Å². The zero-order valence-corrected chi connectivity index (χ0v) is 15.8. The number of nitrogens with zero attached hydrogens (tertiary/aromatic N) is 1. The fraction of sp³-hybridized carbons (Fsp3) is 0.150. The van der Waals surface area contributed by atoms with Crippen molar-refractivity contribution in [2.75, 3.05) is 18.5 Å². The summed E-state index contributed by atoms with van der Waals surface area (Å²) in [4.78, 5) is 28.4. The number of carbonyl (C=O) groups is 2. The van der Waals surface area contributed by atoms with E-state index in [1.807, 2.05) is 0 Å². The number of fused-ring (bicyclic) bond motifs is 1. The zero-order chi connectivity index (χ0) is 20.2. The quantitative estimate of drug-likeness (QED) is 0.645. The molecule has 1 N–H and O–H groups in total. The highest BCUT2D eigenvalue weighted by atomic mass is 32.1. The Labute approximate surface area is 169 Å². The summed E-state index contributed by atoms with van der Waals surface area (Å²) in [6.07, 6.45) is -0.942. The third kappa shape index (κ3) is 4.52. The average molecular weight is 414 g/mol. The summed E-state index contributed by atoms with van der Waals surface area (Å²) in [6.45, 7) is -0.475. The number of nitrogens with one attached hydrogen (secondary N) is 1. The summed E-state index contributed by atoms with van der Waals surface area (Å²) >= 11 is 1.21. The second-order valence-corrected chi connectivity index (χ2v) is 6.92. The molecule has 3 aromatic rings. The Morgan fingerprint density at radius 1 is 1.17 bits per heavy atom. The summed E-state index contributed by atoms with van der Waals surface area (Å²) in [5, 5.41) is 4.64. The smallest absolute Gasteiger partial charge is 0.351 e. The van der Waals surface area contributed by atoms with Crippen LogP contribution in [-0.2, 0) is 14.3 Å². The summed E-state index contributed by atoms with van der Waals surface area (Å²) in [7, 11) is 0. The maximum absolute atomic E-state index is 13.0. The number of rotatable bonds is 5. The number of hydrogen-bond donors (Lipinski definition) is 1. The van der Waals surface area contributed by atoms with Crippen LogP contribution in [0, 0.1) is 5.82 Å². The maximum Gasteiger partial charge on any atom is 0.351 e. The number of halogens is 1. The molecule has 0 bridgehead atoms. The largest absolute Gasteiger partial charge is 0.485 e. The Hall–Kier alpha value is -3.46. The van der Waals surface area contributed by atoms with Crippen LogP contribution in [0.2, 0.25) is 0 Å². The maximum atomic E-state index is 13.0. The summed E-state index contributed by atoms with van der Waals surface area (Å²) in [6, 6.07) is 12.8. The standard InChI is InChI=1S/C20H15FN2O5S/c21-13-7-5-12(6-8-13)14-11-29-20(22-14)23-18(24)10-27-19(25)17-9-26-15-3-1-2-4-16(15)28-17/h1-8,11,17H,9-10H2,(H,22,23,24). The Kier molecular flexibility index (Phi) is 5.39. The molecule has 1 atom stereocenters. The van der Waals surface area contributed by atoms with Crippen LogP contribution in [0.4, 0.5) is 9.52 Å². The molecule has 0 fully saturated rings. The van der Waals surface area contributed by atoms with Gasteiger partial charge in [-0.25, -0.2) is 14.2 Å². The van der Waals surface area contributed by atoms with Gasteiger partial charge in [-0.3, -0.25) is 10.1 Å². The van der Waals surface area contributed by atoms with E-state index in [0.29, 0.717) is 22.3 Å². The van der Waals surface area contributed by atoms with Crippen molar-refractivity contribution in [3.05, 3.63) is 59.7 Å². The first-order valence-corrected chi connectivity index (χ1v) is 9.53. The van der Waals surface area contributed by atoms with Crippen LogP contribution >= 0.6 is 11.3 Å². The van der Waals surface area contributed by atoms with Gasteiger partial charge in [0.1, 0.15) is 12.4 Å². The van der Waals surface area contributed by atoms with E-state index in [0.717, 1.165) is 5.56 Å². The normalized spacial score (nSPS) is 14.9. The monoisotopic (exact) mass is 414 g/mol. The van der Waals surface area contributed by atoms with Gasteiger partial charge in [0, 0.05) is 10.9 Å². The first-order chi connectivity index (χ1) is 14.1. The lowest BCUT2D eigenvalue weighted by Crippen LogP contribution is -2.39. The molecular formula is C20H15FN2O5S. The van der Waals surface area contributed by atoms with E-state index < -0.39 is 24.6 Å². The highest BCUT2D eigenvalue weighted by Crippen LogP contribution is 2.31. The lowest BCUT2D eigenvalue weighted by Gasteiger charge is -2.24. The minimum atomic E-state index is -0.942. The van der Waals surface area contributed by atoms with E-state index in [4.69, 9.17) is 14.2 Å². The van der Waals surface area contributed by atoms with E-state index in [9.17, 15) is 14.0 Å². The van der Waals surface area contributed by atoms with Crippen molar-refractivity contribution in [1.82, 2.24) is 4.98 Å². The number of ether oxygens (including phenoxy) is 3. The number of benzene rings is 2. The number of aromatic nitrogens is 1. The van der Waals surface area contributed by atoms with E-state index in [-0.39, 0.29) is 12.4 Å². The van der Waals surface area contributed by atoms with Crippen LogP contribution in [0.1, 0.15) is 0 Å². The number of amides is 1. The number of anilines is 1. The van der Waals surface area contributed by atoms with E-state index in [1.54, 1.807) is 41.8 Å². The van der Waals surface area contributed by atoms with Crippen molar-refractivity contribution in [2.45, 2.75) is 6.10 Å². The van der Waals surface area contributed by atoms with E-state index in [2.05, 4.69) is 10.3 Å². The molecule has 0 saturated heterocycles. The van der Waals surface area contributed by atoms with Gasteiger partial charge >= 0.3 is 5.97 Å². The molecule has 0 aliphatic carbocycles. The molecule has 4 rings (SSSR count). The topological polar surface area (TPSA) is 86.8 Å². The molecule has 0 saturated carbocycles. The van der Waals surface area contributed by atoms with Crippen molar-refractivity contribution in [2.24, 2.45) is 0 Å². The minimum Gasteiger partial charge on any atom is -0.485 e. The van der Waals surface area contributed by atoms with Gasteiger partial charge in [-0.15, -0.1) is 11.3 Å². The molecule has 0 radical (unpaired) electrons. The zero-order valence-electron chi connectivity index (χ0n) is 15.0. The minimum absolute atomic E-state index is 0.00494. The van der Waals surface area contributed by atoms with Crippen molar-refractivity contribution in [3.63, 3.8) is 0 Å². The van der Waals surface area contributed by atoms with Gasteiger partial charge in [-0.05, 0) is 36.4 Å². The van der Waals surface area contributed by atoms with Gasteiger partial charge in [0.2, 0.25) is 6.10 Å². The molecule has 2 aromatic carbocycles. The lowest BCUT2D eigenvalue weighted by atomic mass is 10.2. The first kappa shape index (κ1) is 18.9. The Morgan fingerprint density at radius 2 is 1.93 bits per heavy atom. The highest BCUT2D eigenvalue weighted by Gasteiger charge is 2.29. The fourth-order valence-electron chi connectivity index (χ4n) is 2.61. The number of para-hydroxylation sites is 2. The van der Waals surface area contributed by atoms with Gasteiger partial charge in [0.25, 0.3) is 5.91 Å². The number of carbonyl (C=O) groups excluding carboxylic acids is 2. The van der Waals surface area contributed by atoms with Crippen molar-refractivity contribution in [1.29, 1.82) is 0 Å². The molecule has 1 aliphatic rings. The van der Waals surface area contributed by atoms with Crippen LogP contribution in [0.3, 0.4) is 0 Å². The second-order valence-electron chi connectivity index (χ2n) is 6.06. The predicted octanol–water partition coefficient (Wildman–Crippen LogP) is 3.27. The highest BCUT2D eigenvalue weighted by molar-refractivity contribution is 7.14. The number of hydrogen-bond acceptors (Lipinski definition) is 7. The molecule has 1 amide bonds. The Balaban J connectivity index is 1.28. The van der Waals surface area contributed by atoms with E-state index >= 15 is 0 Å². The van der Waals surface area contributed by atoms with E-state index in [1.165, 1.54) is 23.5 Å². The van der Waals surface area contributed by atoms with Crippen molar-refractivity contribution < 1.29 is 28.2 Å². The molecule has 0 spiro atoms. The van der Waals surface area contributed by atoms with Crippen LogP contribution in [0.5, 0.6) is 11.5 Å². The van der Waals surface area contributed by atoms with Gasteiger partial charge in [-0.1, -0.05) is 12.1 Å². The molecule has 9 heteroatoms. The molecule has 1 aliphatic heterocycles. The van der Waals surface area contributed by atoms with Gasteiger partial charge in [-0.2, -0.15) is 0 Å². The summed E-state index contributed by atoms with van der Waals surface area (Å²) < 4.78 is 29.0. The van der Waals surface area contributed by atoms with Crippen LogP contribution < -0.4 is 14.8 Å². The Morgan fingerprint density at radius 3 is 2.72 bits per heavy atom. The third-order valence-corrected chi connectivity index (χ3v) is 4.77. The molecular weight excluding hydrogens is 399 g/mol. The average Bonchev–Trinajstić information content (AvgIpc) is 3.20. The van der Waals surface area contributed by atoms with Crippen molar-refractivity contribution in [3.8, 4) is 22.8 Å². The van der Waals surface area contributed by atoms with Crippen LogP contribution in [0.25, 0.3) is 11.3 Å². The summed E-state index contributed by atoms with van der Waals surface area (Å²) in [5.74, 6) is -0.567. The van der Waals surface area contributed by atoms with Crippen molar-refractivity contribution >= 4 is 28.3 Å². The molecule has 1 unspecified atom stereocenters. The first-order valence-electron chi connectivity index (χ1n) is 8.65. The SMILES string of the molecule is O=C(COC(=O)C1COc2ccccc2O1)Nc1nc(-c2ccc(F)cc2)cs1. The molecule has 1 aromatic heterocycles. The molecule has 2 heterocycles. The molecule has 29 heavy (non-hydrogen) atoms. The fourth-order valence-corrected chi connectivity index (χ4v) is 3.34. The Bertz CT molecular complexity index is 1040. The van der Waals surface area contributed by atoms with Gasteiger partial charge in [0.05, 0.1) is 5.69 Å². The van der Waals surface area contributed by atoms with Crippen LogP contribution in [-0.4, -0.2) is 36.2 Å². The molecule has 148 valence electrons. The molecule has 7 nitrogen and oxygen atoms in total. The second kappa shape index (κ2) is 8.27. The predicted molar refractivity (Wildman–Crippen MR) is 103 cm³/mol. The summed E-state index contributed by atoms with van der Waals surface area (Å²) in [5.41, 5.74) is 1.33. The van der Waals surface area contributed by atoms with Crippen LogP contribution in [0.15, 0.2) is 53.9 Å². The lowest BCUT2D eigenvalue weighted by molar-refractivity contribution is -0.156. The van der Waals surface area contributed by atoms with Gasteiger partial charge < -0.3 is 14.2 Å². The third-order valence-electron chi connectivity index (χ3n) is 4.01.